The molecule has 0 aromatic heterocycles. The lowest BCUT2D eigenvalue weighted by Crippen LogP contribution is -2.19. The van der Waals surface area contributed by atoms with E-state index in [1.54, 1.807) is 25.1 Å². The summed E-state index contributed by atoms with van der Waals surface area (Å²) in [6.07, 6.45) is -1.25. The van der Waals surface area contributed by atoms with Crippen molar-refractivity contribution in [1.82, 2.24) is 0 Å². The van der Waals surface area contributed by atoms with Gasteiger partial charge in [-0.05, 0) is 25.1 Å². The van der Waals surface area contributed by atoms with Crippen LogP contribution >= 0.6 is 23.2 Å². The van der Waals surface area contributed by atoms with Crippen molar-refractivity contribution in [2.24, 2.45) is 0 Å². The highest BCUT2D eigenvalue weighted by Crippen LogP contribution is 2.30. The second-order valence-electron chi connectivity index (χ2n) is 3.40. The fourth-order valence-corrected chi connectivity index (χ4v) is 1.77. The summed E-state index contributed by atoms with van der Waals surface area (Å²) in [6, 6.07) is 5.03. The third kappa shape index (κ3) is 3.61. The van der Waals surface area contributed by atoms with E-state index >= 15 is 0 Å². The molecule has 0 heterocycles. The number of hydrogen-bond acceptors (Lipinski definition) is 3. The molecule has 5 heteroatoms. The second-order valence-corrected chi connectivity index (χ2v) is 4.24. The van der Waals surface area contributed by atoms with E-state index in [9.17, 15) is 5.11 Å². The van der Waals surface area contributed by atoms with Crippen molar-refractivity contribution in [3.8, 4) is 0 Å². The highest BCUT2D eigenvalue weighted by Gasteiger charge is 2.21. The Balaban J connectivity index is 2.95. The first-order valence-corrected chi connectivity index (χ1v) is 5.55. The maximum absolute atomic E-state index is 9.63. The smallest absolute Gasteiger partial charge is 0.147 e. The maximum atomic E-state index is 9.63. The first kappa shape index (κ1) is 13.7. The van der Waals surface area contributed by atoms with Gasteiger partial charge in [-0.15, -0.1) is 0 Å². The average Bonchev–Trinajstić information content (AvgIpc) is 2.23. The van der Waals surface area contributed by atoms with E-state index in [2.05, 4.69) is 0 Å². The molecule has 0 spiro atoms. The van der Waals surface area contributed by atoms with Gasteiger partial charge in [0.05, 0.1) is 6.10 Å². The SMILES string of the molecule is COCOC(c1cc(Cl)ccc1Cl)C(C)O. The number of aliphatic hydroxyl groups excluding tert-OH is 1. The van der Waals surface area contributed by atoms with Crippen LogP contribution in [0.25, 0.3) is 0 Å². The lowest BCUT2D eigenvalue weighted by molar-refractivity contribution is -0.110. The van der Waals surface area contributed by atoms with Gasteiger partial charge in [0.1, 0.15) is 12.9 Å². The van der Waals surface area contributed by atoms with Crippen molar-refractivity contribution in [3.63, 3.8) is 0 Å². The van der Waals surface area contributed by atoms with Gasteiger partial charge in [-0.2, -0.15) is 0 Å². The fourth-order valence-electron chi connectivity index (χ4n) is 1.36. The molecule has 0 aliphatic rings. The van der Waals surface area contributed by atoms with Gasteiger partial charge in [0.25, 0.3) is 0 Å². The Morgan fingerprint density at radius 2 is 2.06 bits per heavy atom. The minimum Gasteiger partial charge on any atom is -0.390 e. The van der Waals surface area contributed by atoms with Crippen LogP contribution in [0, 0.1) is 0 Å². The number of halogens is 2. The molecule has 3 nitrogen and oxygen atoms in total. The molecule has 0 saturated carbocycles. The molecule has 0 aliphatic heterocycles. The molecule has 2 unspecified atom stereocenters. The van der Waals surface area contributed by atoms with Gasteiger partial charge < -0.3 is 14.6 Å². The summed E-state index contributed by atoms with van der Waals surface area (Å²) in [5.41, 5.74) is 0.654. The Bertz CT molecular complexity index is 342. The zero-order valence-electron chi connectivity index (χ0n) is 9.11. The van der Waals surface area contributed by atoms with Gasteiger partial charge in [-0.25, -0.2) is 0 Å². The first-order chi connectivity index (χ1) is 7.56. The molecule has 1 aromatic carbocycles. The van der Waals surface area contributed by atoms with E-state index in [4.69, 9.17) is 32.7 Å². The Labute approximate surface area is 105 Å². The van der Waals surface area contributed by atoms with E-state index in [-0.39, 0.29) is 6.79 Å². The van der Waals surface area contributed by atoms with Crippen LogP contribution in [0.3, 0.4) is 0 Å². The largest absolute Gasteiger partial charge is 0.390 e. The van der Waals surface area contributed by atoms with Gasteiger partial charge in [0, 0.05) is 22.7 Å². The van der Waals surface area contributed by atoms with E-state index in [0.717, 1.165) is 0 Å². The minimum absolute atomic E-state index is 0.0818. The molecule has 0 bridgehead atoms. The summed E-state index contributed by atoms with van der Waals surface area (Å²) in [6.45, 7) is 1.70. The Morgan fingerprint density at radius 1 is 1.38 bits per heavy atom. The topological polar surface area (TPSA) is 38.7 Å². The number of hydrogen-bond donors (Lipinski definition) is 1. The second kappa shape index (κ2) is 6.42. The average molecular weight is 265 g/mol. The maximum Gasteiger partial charge on any atom is 0.147 e. The third-order valence-electron chi connectivity index (χ3n) is 2.07. The zero-order valence-corrected chi connectivity index (χ0v) is 10.6. The molecule has 0 saturated heterocycles. The first-order valence-electron chi connectivity index (χ1n) is 4.79. The molecule has 2 atom stereocenters. The van der Waals surface area contributed by atoms with Crippen molar-refractivity contribution in [2.75, 3.05) is 13.9 Å². The molecule has 1 aromatic rings. The van der Waals surface area contributed by atoms with Crippen LogP contribution in [0.5, 0.6) is 0 Å². The molecule has 0 amide bonds. The summed E-state index contributed by atoms with van der Waals surface area (Å²) in [5, 5.41) is 10.7. The van der Waals surface area contributed by atoms with E-state index in [0.29, 0.717) is 15.6 Å². The number of benzene rings is 1. The highest BCUT2D eigenvalue weighted by atomic mass is 35.5. The predicted octanol–water partition coefficient (Wildman–Crippen LogP) is 3.04. The fraction of sp³-hybridized carbons (Fsp3) is 0.455. The predicted molar refractivity (Wildman–Crippen MR) is 63.8 cm³/mol. The number of ether oxygens (including phenoxy) is 2. The number of rotatable bonds is 5. The summed E-state index contributed by atoms with van der Waals surface area (Å²) < 4.78 is 10.2. The molecule has 0 fully saturated rings. The summed E-state index contributed by atoms with van der Waals surface area (Å²) in [7, 11) is 1.51. The third-order valence-corrected chi connectivity index (χ3v) is 2.65. The van der Waals surface area contributed by atoms with Crippen molar-refractivity contribution < 1.29 is 14.6 Å². The molecule has 0 aliphatic carbocycles. The Morgan fingerprint density at radius 3 is 2.62 bits per heavy atom. The van der Waals surface area contributed by atoms with Crippen molar-refractivity contribution in [2.45, 2.75) is 19.1 Å². The van der Waals surface area contributed by atoms with Crippen LogP contribution < -0.4 is 0 Å². The number of methoxy groups -OCH3 is 1. The van der Waals surface area contributed by atoms with Gasteiger partial charge in [-0.1, -0.05) is 23.2 Å². The van der Waals surface area contributed by atoms with Crippen LogP contribution in [0.15, 0.2) is 18.2 Å². The number of aliphatic hydroxyl groups is 1. The monoisotopic (exact) mass is 264 g/mol. The van der Waals surface area contributed by atoms with Crippen LogP contribution in [0.2, 0.25) is 10.0 Å². The van der Waals surface area contributed by atoms with Gasteiger partial charge in [0.15, 0.2) is 0 Å². The van der Waals surface area contributed by atoms with Crippen molar-refractivity contribution >= 4 is 23.2 Å². The summed E-state index contributed by atoms with van der Waals surface area (Å²) in [4.78, 5) is 0. The molecule has 1 rings (SSSR count). The molecular formula is C11H14Cl2O3. The normalized spacial score (nSPS) is 14.8. The van der Waals surface area contributed by atoms with Crippen molar-refractivity contribution in [1.29, 1.82) is 0 Å². The van der Waals surface area contributed by atoms with E-state index < -0.39 is 12.2 Å². The minimum atomic E-state index is -0.703. The van der Waals surface area contributed by atoms with E-state index in [1.807, 2.05) is 0 Å². The quantitative estimate of drug-likeness (QED) is 0.831. The van der Waals surface area contributed by atoms with Crippen LogP contribution in [-0.4, -0.2) is 25.1 Å². The molecule has 16 heavy (non-hydrogen) atoms. The van der Waals surface area contributed by atoms with Crippen LogP contribution in [-0.2, 0) is 9.47 Å². The highest BCUT2D eigenvalue weighted by molar-refractivity contribution is 6.33. The van der Waals surface area contributed by atoms with Crippen LogP contribution in [0.4, 0.5) is 0 Å². The molecular weight excluding hydrogens is 251 g/mol. The summed E-state index contributed by atoms with van der Waals surface area (Å²) >= 11 is 11.9. The van der Waals surface area contributed by atoms with Crippen LogP contribution in [0.1, 0.15) is 18.6 Å². The van der Waals surface area contributed by atoms with Gasteiger partial charge >= 0.3 is 0 Å². The Hall–Kier alpha value is -0.320. The lowest BCUT2D eigenvalue weighted by atomic mass is 10.1. The van der Waals surface area contributed by atoms with Crippen molar-refractivity contribution in [3.05, 3.63) is 33.8 Å². The van der Waals surface area contributed by atoms with Gasteiger partial charge in [0.2, 0.25) is 0 Å². The lowest BCUT2D eigenvalue weighted by Gasteiger charge is -2.21. The summed E-state index contributed by atoms with van der Waals surface area (Å²) in [5.74, 6) is 0. The molecule has 0 radical (unpaired) electrons. The Kier molecular flexibility index (Phi) is 5.52. The molecule has 90 valence electrons. The van der Waals surface area contributed by atoms with E-state index in [1.165, 1.54) is 7.11 Å². The standard InChI is InChI=1S/C11H14Cl2O3/c1-7(14)11(16-6-15-2)9-5-8(12)3-4-10(9)13/h3-5,7,11,14H,6H2,1-2H3. The molecule has 1 N–H and O–H groups in total. The van der Waals surface area contributed by atoms with Gasteiger partial charge in [-0.3, -0.25) is 0 Å². The zero-order chi connectivity index (χ0) is 12.1.